The lowest BCUT2D eigenvalue weighted by Gasteiger charge is -2.17. The molecule has 7 heteroatoms. The third kappa shape index (κ3) is 3.99. The number of nitrogens with one attached hydrogen (secondary N) is 1. The first kappa shape index (κ1) is 20.6. The van der Waals surface area contributed by atoms with Crippen molar-refractivity contribution in [1.29, 1.82) is 0 Å². The fourth-order valence-electron chi connectivity index (χ4n) is 3.45. The van der Waals surface area contributed by atoms with E-state index in [1.807, 2.05) is 25.1 Å². The number of rotatable bonds is 7. The summed E-state index contributed by atoms with van der Waals surface area (Å²) in [5, 5.41) is 12.7. The average Bonchev–Trinajstić information content (AvgIpc) is 3.42. The zero-order valence-corrected chi connectivity index (χ0v) is 18.7. The molecule has 1 amide bonds. The first-order valence-corrected chi connectivity index (χ1v) is 11.2. The van der Waals surface area contributed by atoms with E-state index in [2.05, 4.69) is 58.0 Å². The molecule has 1 saturated carbocycles. The van der Waals surface area contributed by atoms with Crippen LogP contribution in [0.15, 0.2) is 47.9 Å². The van der Waals surface area contributed by atoms with Gasteiger partial charge in [0.2, 0.25) is 5.91 Å². The van der Waals surface area contributed by atoms with Crippen molar-refractivity contribution in [3.63, 3.8) is 0 Å². The van der Waals surface area contributed by atoms with Crippen molar-refractivity contribution >= 4 is 23.4 Å². The number of carbonyl (C=O) groups is 1. The van der Waals surface area contributed by atoms with Gasteiger partial charge in [-0.25, -0.2) is 0 Å². The molecular formula is C23H27N5OS. The highest BCUT2D eigenvalue weighted by molar-refractivity contribution is 8.01. The lowest BCUT2D eigenvalue weighted by Crippen LogP contribution is -2.27. The van der Waals surface area contributed by atoms with E-state index in [1.54, 1.807) is 12.4 Å². The highest BCUT2D eigenvalue weighted by Crippen LogP contribution is 2.52. The van der Waals surface area contributed by atoms with Crippen molar-refractivity contribution in [3.8, 4) is 11.4 Å². The highest BCUT2D eigenvalue weighted by Gasteiger charge is 2.52. The molecule has 0 atom stereocenters. The summed E-state index contributed by atoms with van der Waals surface area (Å²) in [5.41, 5.74) is 4.22. The van der Waals surface area contributed by atoms with Crippen LogP contribution in [0.2, 0.25) is 0 Å². The molecule has 0 radical (unpaired) electrons. The maximum atomic E-state index is 13.2. The van der Waals surface area contributed by atoms with Crippen LogP contribution in [0, 0.1) is 6.92 Å². The van der Waals surface area contributed by atoms with E-state index < -0.39 is 4.75 Å². The van der Waals surface area contributed by atoms with Gasteiger partial charge in [-0.3, -0.25) is 9.78 Å². The summed E-state index contributed by atoms with van der Waals surface area (Å²) in [7, 11) is 0. The van der Waals surface area contributed by atoms with Crippen molar-refractivity contribution in [3.05, 3.63) is 53.9 Å². The van der Waals surface area contributed by atoms with Crippen molar-refractivity contribution in [2.75, 3.05) is 5.32 Å². The predicted octanol–water partition coefficient (Wildman–Crippen LogP) is 5.06. The van der Waals surface area contributed by atoms with Crippen molar-refractivity contribution < 1.29 is 4.79 Å². The monoisotopic (exact) mass is 421 g/mol. The van der Waals surface area contributed by atoms with Crippen LogP contribution in [-0.4, -0.2) is 30.4 Å². The fourth-order valence-corrected chi connectivity index (χ4v) is 4.66. The number of anilines is 1. The second kappa shape index (κ2) is 8.22. The number of aryl methyl sites for hydroxylation is 1. The Morgan fingerprint density at radius 1 is 1.20 bits per heavy atom. The molecule has 2 aromatic heterocycles. The predicted molar refractivity (Wildman–Crippen MR) is 121 cm³/mol. The van der Waals surface area contributed by atoms with E-state index in [1.165, 1.54) is 17.3 Å². The summed E-state index contributed by atoms with van der Waals surface area (Å²) in [4.78, 5) is 17.2. The lowest BCUT2D eigenvalue weighted by atomic mass is 10.0. The molecule has 0 spiro atoms. The number of amides is 1. The van der Waals surface area contributed by atoms with Crippen molar-refractivity contribution in [2.24, 2.45) is 0 Å². The Labute approximate surface area is 181 Å². The first-order valence-electron chi connectivity index (χ1n) is 10.4. The zero-order chi connectivity index (χ0) is 21.3. The second-order valence-electron chi connectivity index (χ2n) is 8.07. The number of hydrogen-bond acceptors (Lipinski definition) is 5. The Bertz CT molecular complexity index is 1060. The van der Waals surface area contributed by atoms with Gasteiger partial charge in [0, 0.05) is 30.2 Å². The van der Waals surface area contributed by atoms with E-state index in [9.17, 15) is 4.79 Å². The Morgan fingerprint density at radius 3 is 2.53 bits per heavy atom. The van der Waals surface area contributed by atoms with Gasteiger partial charge in [-0.15, -0.1) is 10.2 Å². The SMILES string of the molecule is CCn1c(SC2(C(=O)Nc3ccc(C(C)C)cc3C)CC2)nnc1-c1ccncc1. The molecule has 3 aromatic rings. The summed E-state index contributed by atoms with van der Waals surface area (Å²) < 4.78 is 1.59. The van der Waals surface area contributed by atoms with Gasteiger partial charge in [0.15, 0.2) is 11.0 Å². The van der Waals surface area contributed by atoms with Crippen LogP contribution in [0.5, 0.6) is 0 Å². The van der Waals surface area contributed by atoms with Gasteiger partial charge in [0.05, 0.1) is 0 Å². The molecule has 156 valence electrons. The van der Waals surface area contributed by atoms with Crippen molar-refractivity contribution in [1.82, 2.24) is 19.7 Å². The van der Waals surface area contributed by atoms with Crippen LogP contribution >= 0.6 is 11.8 Å². The fraction of sp³-hybridized carbons (Fsp3) is 0.391. The molecule has 4 rings (SSSR count). The molecule has 1 aromatic carbocycles. The van der Waals surface area contributed by atoms with Crippen molar-refractivity contribution in [2.45, 2.75) is 62.9 Å². The number of hydrogen-bond donors (Lipinski definition) is 1. The summed E-state index contributed by atoms with van der Waals surface area (Å²) in [5.74, 6) is 1.32. The third-order valence-corrected chi connectivity index (χ3v) is 7.01. The molecule has 30 heavy (non-hydrogen) atoms. The number of benzene rings is 1. The topological polar surface area (TPSA) is 72.7 Å². The molecule has 0 saturated heterocycles. The normalized spacial score (nSPS) is 14.7. The number of aromatic nitrogens is 4. The molecule has 2 heterocycles. The van der Waals surface area contributed by atoms with Crippen LogP contribution in [-0.2, 0) is 11.3 Å². The van der Waals surface area contributed by atoms with Crippen LogP contribution in [0.25, 0.3) is 11.4 Å². The summed E-state index contributed by atoms with van der Waals surface area (Å²) >= 11 is 1.53. The highest BCUT2D eigenvalue weighted by atomic mass is 32.2. The van der Waals surface area contributed by atoms with Crippen LogP contribution < -0.4 is 5.32 Å². The van der Waals surface area contributed by atoms with E-state index in [-0.39, 0.29) is 5.91 Å². The smallest absolute Gasteiger partial charge is 0.241 e. The maximum absolute atomic E-state index is 13.2. The van der Waals surface area contributed by atoms with E-state index in [0.29, 0.717) is 5.92 Å². The summed E-state index contributed by atoms with van der Waals surface area (Å²) in [6, 6.07) is 10.1. The van der Waals surface area contributed by atoms with E-state index in [4.69, 9.17) is 0 Å². The number of carbonyl (C=O) groups excluding carboxylic acids is 1. The third-order valence-electron chi connectivity index (χ3n) is 5.54. The largest absolute Gasteiger partial charge is 0.325 e. The average molecular weight is 422 g/mol. The summed E-state index contributed by atoms with van der Waals surface area (Å²) in [6.45, 7) is 9.20. The Kier molecular flexibility index (Phi) is 5.64. The van der Waals surface area contributed by atoms with Crippen LogP contribution in [0.4, 0.5) is 5.69 Å². The Balaban J connectivity index is 1.53. The number of pyridine rings is 1. The van der Waals surface area contributed by atoms with Gasteiger partial charge in [-0.2, -0.15) is 0 Å². The number of thioether (sulfide) groups is 1. The molecular weight excluding hydrogens is 394 g/mol. The van der Waals surface area contributed by atoms with E-state index >= 15 is 0 Å². The minimum absolute atomic E-state index is 0.0454. The van der Waals surface area contributed by atoms with Crippen LogP contribution in [0.3, 0.4) is 0 Å². The van der Waals surface area contributed by atoms with Crippen LogP contribution in [0.1, 0.15) is 50.7 Å². The van der Waals surface area contributed by atoms with Gasteiger partial charge >= 0.3 is 0 Å². The second-order valence-corrected chi connectivity index (χ2v) is 9.42. The standard InChI is InChI=1S/C23H27N5OS/c1-5-28-20(17-8-12-24-13-9-17)26-27-22(28)30-23(10-11-23)21(29)25-19-7-6-18(15(2)3)14-16(19)4/h6-9,12-15H,5,10-11H2,1-4H3,(H,25,29). The molecule has 0 unspecified atom stereocenters. The van der Waals surface area contributed by atoms with Gasteiger partial charge in [-0.05, 0) is 61.9 Å². The molecule has 6 nitrogen and oxygen atoms in total. The maximum Gasteiger partial charge on any atom is 0.241 e. The molecule has 1 N–H and O–H groups in total. The Morgan fingerprint density at radius 2 is 1.93 bits per heavy atom. The van der Waals surface area contributed by atoms with Gasteiger partial charge in [-0.1, -0.05) is 37.7 Å². The Hall–Kier alpha value is -2.67. The minimum Gasteiger partial charge on any atom is -0.325 e. The van der Waals surface area contributed by atoms with Gasteiger partial charge < -0.3 is 9.88 Å². The summed E-state index contributed by atoms with van der Waals surface area (Å²) in [6.07, 6.45) is 5.18. The molecule has 1 fully saturated rings. The van der Waals surface area contributed by atoms with Gasteiger partial charge in [0.1, 0.15) is 4.75 Å². The lowest BCUT2D eigenvalue weighted by molar-refractivity contribution is -0.116. The number of nitrogens with zero attached hydrogens (tertiary/aromatic N) is 4. The molecule has 0 bridgehead atoms. The molecule has 1 aliphatic carbocycles. The van der Waals surface area contributed by atoms with Gasteiger partial charge in [0.25, 0.3) is 0 Å². The quantitative estimate of drug-likeness (QED) is 0.578. The minimum atomic E-state index is -0.474. The molecule has 0 aliphatic heterocycles. The van der Waals surface area contributed by atoms with E-state index in [0.717, 1.165) is 47.2 Å². The first-order chi connectivity index (χ1) is 14.4. The molecule has 1 aliphatic rings. The zero-order valence-electron chi connectivity index (χ0n) is 17.8.